The zero-order valence-corrected chi connectivity index (χ0v) is 11.5. The predicted octanol–water partition coefficient (Wildman–Crippen LogP) is 1.69. The molecule has 3 rings (SSSR count). The Kier molecular flexibility index (Phi) is 2.94. The van der Waals surface area contributed by atoms with Gasteiger partial charge in [0.05, 0.1) is 0 Å². The molecule has 0 aromatic carbocycles. The predicted molar refractivity (Wildman–Crippen MR) is 76.9 cm³/mol. The molecular weight excluding hydrogens is 258 g/mol. The summed E-state index contributed by atoms with van der Waals surface area (Å²) in [6, 6.07) is 3.90. The normalized spacial score (nSPS) is 14.3. The molecule has 0 atom stereocenters. The first-order chi connectivity index (χ1) is 9.13. The summed E-state index contributed by atoms with van der Waals surface area (Å²) >= 11 is 1.81. The fraction of sp³-hybridized carbons (Fsp3) is 0.308. The Labute approximate surface area is 115 Å². The lowest BCUT2D eigenvalue weighted by atomic mass is 10.1. The maximum absolute atomic E-state index is 7.51. The van der Waals surface area contributed by atoms with E-state index in [1.807, 2.05) is 18.3 Å². The van der Waals surface area contributed by atoms with Crippen molar-refractivity contribution in [2.24, 2.45) is 5.73 Å². The van der Waals surface area contributed by atoms with Gasteiger partial charge in [-0.2, -0.15) is 0 Å². The van der Waals surface area contributed by atoms with E-state index >= 15 is 0 Å². The minimum atomic E-state index is -0.0139. The third-order valence-electron chi connectivity index (χ3n) is 3.21. The molecule has 2 aromatic rings. The maximum Gasteiger partial charge on any atom is 0.226 e. The summed E-state index contributed by atoms with van der Waals surface area (Å²) < 4.78 is 0. The lowest BCUT2D eigenvalue weighted by molar-refractivity contribution is 0.715. The first-order valence-electron chi connectivity index (χ1n) is 6.14. The molecule has 0 radical (unpaired) electrons. The second-order valence-corrected chi connectivity index (χ2v) is 5.65. The third-order valence-corrected chi connectivity index (χ3v) is 4.23. The van der Waals surface area contributed by atoms with Crippen molar-refractivity contribution in [2.75, 3.05) is 11.4 Å². The molecule has 0 unspecified atom stereocenters. The molecule has 19 heavy (non-hydrogen) atoms. The average molecular weight is 273 g/mol. The van der Waals surface area contributed by atoms with Gasteiger partial charge in [0.15, 0.2) is 0 Å². The second-order valence-electron chi connectivity index (χ2n) is 4.65. The molecule has 5 nitrogen and oxygen atoms in total. The van der Waals surface area contributed by atoms with Gasteiger partial charge in [0.25, 0.3) is 0 Å². The van der Waals surface area contributed by atoms with Crippen LogP contribution in [-0.4, -0.2) is 22.3 Å². The van der Waals surface area contributed by atoms with Gasteiger partial charge < -0.3 is 10.6 Å². The number of nitrogens with two attached hydrogens (primary N) is 1. The van der Waals surface area contributed by atoms with Gasteiger partial charge in [-0.05, 0) is 36.4 Å². The Hall–Kier alpha value is -1.95. The van der Waals surface area contributed by atoms with E-state index in [0.29, 0.717) is 11.6 Å². The fourth-order valence-corrected chi connectivity index (χ4v) is 3.14. The van der Waals surface area contributed by atoms with Crippen LogP contribution < -0.4 is 10.6 Å². The molecule has 0 fully saturated rings. The van der Waals surface area contributed by atoms with E-state index in [2.05, 4.69) is 26.3 Å². The minimum absolute atomic E-state index is 0.0139. The van der Waals surface area contributed by atoms with Crippen LogP contribution in [0.1, 0.15) is 21.8 Å². The molecule has 98 valence electrons. The summed E-state index contributed by atoms with van der Waals surface area (Å²) in [7, 11) is 0. The number of hydrogen-bond acceptors (Lipinski definition) is 5. The van der Waals surface area contributed by atoms with Gasteiger partial charge >= 0.3 is 0 Å². The number of aromatic nitrogens is 2. The van der Waals surface area contributed by atoms with Gasteiger partial charge in [0.2, 0.25) is 5.95 Å². The SMILES string of the molecule is Cc1cc(C(=N)N)nc(N2CCc3sccc3C2)n1. The number of fused-ring (bicyclic) bond motifs is 1. The summed E-state index contributed by atoms with van der Waals surface area (Å²) in [6.07, 6.45) is 1.03. The van der Waals surface area contributed by atoms with E-state index in [1.54, 1.807) is 6.07 Å². The quantitative estimate of drug-likeness (QED) is 0.644. The van der Waals surface area contributed by atoms with Crippen molar-refractivity contribution in [2.45, 2.75) is 19.9 Å². The number of rotatable bonds is 2. The third kappa shape index (κ3) is 2.31. The van der Waals surface area contributed by atoms with Crippen LogP contribution in [-0.2, 0) is 13.0 Å². The highest BCUT2D eigenvalue weighted by atomic mass is 32.1. The van der Waals surface area contributed by atoms with Gasteiger partial charge in [-0.1, -0.05) is 0 Å². The molecule has 0 bridgehead atoms. The van der Waals surface area contributed by atoms with Crippen molar-refractivity contribution in [3.05, 3.63) is 39.3 Å². The number of amidine groups is 1. The summed E-state index contributed by atoms with van der Waals surface area (Å²) in [5.41, 5.74) is 8.21. The highest BCUT2D eigenvalue weighted by Gasteiger charge is 2.20. The molecule has 6 heteroatoms. The molecule has 0 aliphatic carbocycles. The van der Waals surface area contributed by atoms with E-state index in [9.17, 15) is 0 Å². The van der Waals surface area contributed by atoms with Crippen LogP contribution in [0, 0.1) is 12.3 Å². The Morgan fingerprint density at radius 2 is 2.32 bits per heavy atom. The monoisotopic (exact) mass is 273 g/mol. The van der Waals surface area contributed by atoms with Gasteiger partial charge in [-0.3, -0.25) is 5.41 Å². The van der Waals surface area contributed by atoms with E-state index in [0.717, 1.165) is 25.2 Å². The molecule has 2 aromatic heterocycles. The summed E-state index contributed by atoms with van der Waals surface area (Å²) in [4.78, 5) is 12.4. The number of aryl methyl sites for hydroxylation is 1. The van der Waals surface area contributed by atoms with E-state index in [-0.39, 0.29) is 5.84 Å². The number of nitrogen functional groups attached to an aromatic ring is 1. The van der Waals surface area contributed by atoms with Crippen LogP contribution >= 0.6 is 11.3 Å². The Balaban J connectivity index is 1.93. The van der Waals surface area contributed by atoms with Crippen molar-refractivity contribution in [3.63, 3.8) is 0 Å². The molecule has 0 saturated heterocycles. The van der Waals surface area contributed by atoms with Crippen LogP contribution in [0.2, 0.25) is 0 Å². The van der Waals surface area contributed by atoms with Gasteiger partial charge in [0, 0.05) is 23.7 Å². The van der Waals surface area contributed by atoms with Crippen molar-refractivity contribution < 1.29 is 0 Å². The Morgan fingerprint density at radius 1 is 1.47 bits per heavy atom. The number of nitrogens with one attached hydrogen (secondary N) is 1. The molecule has 3 N–H and O–H groups in total. The first-order valence-corrected chi connectivity index (χ1v) is 7.02. The molecule has 3 heterocycles. The van der Waals surface area contributed by atoms with Crippen molar-refractivity contribution in [1.82, 2.24) is 9.97 Å². The lowest BCUT2D eigenvalue weighted by Gasteiger charge is -2.27. The van der Waals surface area contributed by atoms with Crippen LogP contribution in [0.5, 0.6) is 0 Å². The largest absolute Gasteiger partial charge is 0.382 e. The highest BCUT2D eigenvalue weighted by molar-refractivity contribution is 7.10. The van der Waals surface area contributed by atoms with Crippen LogP contribution in [0.3, 0.4) is 0 Å². The van der Waals surface area contributed by atoms with Crippen LogP contribution in [0.25, 0.3) is 0 Å². The fourth-order valence-electron chi connectivity index (χ4n) is 2.25. The van der Waals surface area contributed by atoms with E-state index < -0.39 is 0 Å². The smallest absolute Gasteiger partial charge is 0.226 e. The molecule has 0 amide bonds. The number of anilines is 1. The zero-order valence-electron chi connectivity index (χ0n) is 10.7. The van der Waals surface area contributed by atoms with Crippen LogP contribution in [0.15, 0.2) is 17.5 Å². The summed E-state index contributed by atoms with van der Waals surface area (Å²) in [6.45, 7) is 3.64. The molecule has 0 saturated carbocycles. The van der Waals surface area contributed by atoms with Gasteiger partial charge in [-0.15, -0.1) is 11.3 Å². The zero-order chi connectivity index (χ0) is 13.4. The summed E-state index contributed by atoms with van der Waals surface area (Å²) in [5, 5.41) is 9.64. The standard InChI is InChI=1S/C13H15N5S/c1-8-6-10(12(14)15)17-13(16-8)18-4-2-11-9(7-18)3-5-19-11/h3,5-6H,2,4,7H2,1H3,(H3,14,15). The highest BCUT2D eigenvalue weighted by Crippen LogP contribution is 2.26. The first kappa shape index (κ1) is 12.1. The Morgan fingerprint density at radius 3 is 3.11 bits per heavy atom. The van der Waals surface area contributed by atoms with Crippen molar-refractivity contribution >= 4 is 23.1 Å². The van der Waals surface area contributed by atoms with Crippen molar-refractivity contribution in [3.8, 4) is 0 Å². The average Bonchev–Trinajstić information content (AvgIpc) is 2.85. The molecule has 1 aliphatic rings. The van der Waals surface area contributed by atoms with E-state index in [1.165, 1.54) is 10.4 Å². The maximum atomic E-state index is 7.51. The number of nitrogens with zero attached hydrogens (tertiary/aromatic N) is 3. The summed E-state index contributed by atoms with van der Waals surface area (Å²) in [5.74, 6) is 0.655. The van der Waals surface area contributed by atoms with E-state index in [4.69, 9.17) is 11.1 Å². The van der Waals surface area contributed by atoms with Crippen LogP contribution in [0.4, 0.5) is 5.95 Å². The topological polar surface area (TPSA) is 78.9 Å². The second kappa shape index (κ2) is 4.62. The Bertz CT molecular complexity index is 634. The molecule has 0 spiro atoms. The number of hydrogen-bond donors (Lipinski definition) is 2. The van der Waals surface area contributed by atoms with Crippen molar-refractivity contribution in [1.29, 1.82) is 5.41 Å². The molecule has 1 aliphatic heterocycles. The van der Waals surface area contributed by atoms with Gasteiger partial charge in [0.1, 0.15) is 11.5 Å². The molecular formula is C13H15N5S. The van der Waals surface area contributed by atoms with Gasteiger partial charge in [-0.25, -0.2) is 9.97 Å². The minimum Gasteiger partial charge on any atom is -0.382 e. The lowest BCUT2D eigenvalue weighted by Crippen LogP contribution is -2.31. The number of thiophene rings is 1.